The Morgan fingerprint density at radius 3 is 2.41 bits per heavy atom. The fraction of sp³-hybridized carbons (Fsp3) is 0.615. The van der Waals surface area contributed by atoms with E-state index in [1.807, 2.05) is 4.90 Å². The molecule has 37 heavy (non-hydrogen) atoms. The first-order valence-corrected chi connectivity index (χ1v) is 13.8. The third-order valence-electron chi connectivity index (χ3n) is 7.52. The van der Waals surface area contributed by atoms with Gasteiger partial charge < -0.3 is 20.6 Å². The number of carbonyl (C=O) groups excluding carboxylic acids is 2. The van der Waals surface area contributed by atoms with Crippen molar-refractivity contribution in [1.29, 1.82) is 0 Å². The summed E-state index contributed by atoms with van der Waals surface area (Å²) in [7, 11) is 0. The molecule has 3 N–H and O–H groups in total. The van der Waals surface area contributed by atoms with E-state index in [4.69, 9.17) is 0 Å². The first kappa shape index (κ1) is 26.0. The van der Waals surface area contributed by atoms with Gasteiger partial charge in [-0.2, -0.15) is 0 Å². The van der Waals surface area contributed by atoms with Gasteiger partial charge in [0.25, 0.3) is 18.2 Å². The van der Waals surface area contributed by atoms with Gasteiger partial charge in [-0.05, 0) is 58.4 Å². The minimum absolute atomic E-state index is 0.0115. The fourth-order valence-corrected chi connectivity index (χ4v) is 6.69. The number of pyridine rings is 1. The third kappa shape index (κ3) is 5.47. The smallest absolute Gasteiger partial charge is 0.280 e. The molecule has 2 aliphatic heterocycles. The van der Waals surface area contributed by atoms with Crippen molar-refractivity contribution < 1.29 is 23.5 Å². The number of amides is 2. The van der Waals surface area contributed by atoms with Crippen molar-refractivity contribution in [2.45, 2.75) is 95.4 Å². The lowest BCUT2D eigenvalue weighted by Crippen LogP contribution is -2.38. The summed E-state index contributed by atoms with van der Waals surface area (Å²) < 4.78 is 28.6. The Balaban J connectivity index is 1.52. The molecule has 2 bridgehead atoms. The number of fused-ring (bicyclic) bond motifs is 2. The number of nitrogens with one attached hydrogen (secondary N) is 2. The summed E-state index contributed by atoms with van der Waals surface area (Å²) in [4.78, 5) is 37.4. The molecule has 8 nitrogen and oxygen atoms in total. The summed E-state index contributed by atoms with van der Waals surface area (Å²) >= 11 is 0.906. The number of carbonyl (C=O) groups is 2. The molecule has 2 saturated heterocycles. The van der Waals surface area contributed by atoms with Crippen LogP contribution in [0.15, 0.2) is 12.3 Å². The van der Waals surface area contributed by atoms with Crippen LogP contribution < -0.4 is 10.6 Å². The van der Waals surface area contributed by atoms with E-state index in [1.165, 1.54) is 12.3 Å². The number of rotatable bonds is 8. The number of nitrogens with zero attached hydrogens (tertiary/aromatic N) is 3. The molecule has 1 aliphatic carbocycles. The van der Waals surface area contributed by atoms with E-state index in [0.29, 0.717) is 5.82 Å². The standard InChI is InChI=1S/C26H33F2N5O3S/c1-26(2,36)13-30-23(34)24-32-20(25(35)33-15-7-8-16(33)10-9-15)21(37-24)18-12-29-19(11-17(18)22(27)28)31-14-5-3-4-6-14/h11-12,14-16,22,36H,3-10,13H2,1-2H3,(H,29,31)(H,30,34). The van der Waals surface area contributed by atoms with Crippen LogP contribution in [0.5, 0.6) is 0 Å². The predicted octanol–water partition coefficient (Wildman–Crippen LogP) is 4.76. The topological polar surface area (TPSA) is 107 Å². The number of hydrogen-bond donors (Lipinski definition) is 3. The van der Waals surface area contributed by atoms with Gasteiger partial charge in [-0.1, -0.05) is 12.8 Å². The zero-order chi connectivity index (χ0) is 26.3. The monoisotopic (exact) mass is 533 g/mol. The number of anilines is 1. The number of aromatic nitrogens is 2. The van der Waals surface area contributed by atoms with E-state index in [2.05, 4.69) is 20.6 Å². The molecule has 0 atom stereocenters. The van der Waals surface area contributed by atoms with E-state index >= 15 is 0 Å². The lowest BCUT2D eigenvalue weighted by molar-refractivity contribution is 0.0692. The average molecular weight is 534 g/mol. The largest absolute Gasteiger partial charge is 0.389 e. The molecule has 11 heteroatoms. The quantitative estimate of drug-likeness (QED) is 0.452. The van der Waals surface area contributed by atoms with Gasteiger partial charge >= 0.3 is 0 Å². The highest BCUT2D eigenvalue weighted by Gasteiger charge is 2.44. The van der Waals surface area contributed by atoms with Gasteiger partial charge in [0.2, 0.25) is 0 Å². The minimum atomic E-state index is -2.80. The molecule has 4 heterocycles. The normalized spacial score (nSPS) is 21.7. The molecule has 0 radical (unpaired) electrons. The van der Waals surface area contributed by atoms with Crippen LogP contribution in [0.2, 0.25) is 0 Å². The van der Waals surface area contributed by atoms with Crippen molar-refractivity contribution in [1.82, 2.24) is 20.2 Å². The molecule has 5 rings (SSSR count). The Kier molecular flexibility index (Phi) is 7.19. The Labute approximate surface area is 218 Å². The fourth-order valence-electron chi connectivity index (χ4n) is 5.68. The van der Waals surface area contributed by atoms with Gasteiger partial charge in [-0.25, -0.2) is 18.7 Å². The highest BCUT2D eigenvalue weighted by molar-refractivity contribution is 7.17. The van der Waals surface area contributed by atoms with Crippen LogP contribution in [0.3, 0.4) is 0 Å². The van der Waals surface area contributed by atoms with Crippen LogP contribution >= 0.6 is 11.3 Å². The average Bonchev–Trinajstić information content (AvgIpc) is 3.66. The predicted molar refractivity (Wildman–Crippen MR) is 137 cm³/mol. The van der Waals surface area contributed by atoms with Crippen LogP contribution in [0.25, 0.3) is 10.4 Å². The minimum Gasteiger partial charge on any atom is -0.389 e. The second-order valence-electron chi connectivity index (χ2n) is 10.9. The van der Waals surface area contributed by atoms with E-state index in [1.54, 1.807) is 13.8 Å². The van der Waals surface area contributed by atoms with Gasteiger partial charge in [0.05, 0.1) is 10.5 Å². The summed E-state index contributed by atoms with van der Waals surface area (Å²) in [5.41, 5.74) is -1.27. The first-order valence-electron chi connectivity index (χ1n) is 13.0. The number of thiazole rings is 1. The second-order valence-corrected chi connectivity index (χ2v) is 11.9. The number of alkyl halides is 2. The molecule has 0 spiro atoms. The lowest BCUT2D eigenvalue weighted by atomic mass is 10.0. The summed E-state index contributed by atoms with van der Waals surface area (Å²) in [5.74, 6) is -0.516. The van der Waals surface area contributed by atoms with Gasteiger partial charge in [-0.15, -0.1) is 11.3 Å². The van der Waals surface area contributed by atoms with Crippen LogP contribution in [0.1, 0.15) is 97.5 Å². The first-order chi connectivity index (χ1) is 17.6. The van der Waals surface area contributed by atoms with Crippen molar-refractivity contribution in [3.05, 3.63) is 28.5 Å². The number of hydrogen-bond acceptors (Lipinski definition) is 7. The van der Waals surface area contributed by atoms with Gasteiger partial charge in [0.1, 0.15) is 11.5 Å². The SMILES string of the molecule is CC(C)(O)CNC(=O)c1nc(C(=O)N2C3CCC2CC3)c(-c2cnc(NC3CCCC3)cc2C(F)F)s1. The Hall–Kier alpha value is -2.66. The molecule has 200 valence electrons. The summed E-state index contributed by atoms with van der Waals surface area (Å²) in [6, 6.07) is 1.79. The molecule has 3 fully saturated rings. The zero-order valence-corrected chi connectivity index (χ0v) is 21.9. The summed E-state index contributed by atoms with van der Waals surface area (Å²) in [6.07, 6.45) is 6.37. The molecule has 2 aromatic heterocycles. The van der Waals surface area contributed by atoms with E-state index in [-0.39, 0.29) is 57.3 Å². The second kappa shape index (κ2) is 10.2. The molecule has 2 amide bonds. The van der Waals surface area contributed by atoms with E-state index < -0.39 is 17.9 Å². The number of halogens is 2. The highest BCUT2D eigenvalue weighted by Crippen LogP contribution is 2.42. The Morgan fingerprint density at radius 2 is 1.81 bits per heavy atom. The van der Waals surface area contributed by atoms with E-state index in [0.717, 1.165) is 62.7 Å². The van der Waals surface area contributed by atoms with E-state index in [9.17, 15) is 23.5 Å². The maximum atomic E-state index is 14.3. The van der Waals surface area contributed by atoms with Crippen LogP contribution in [0.4, 0.5) is 14.6 Å². The van der Waals surface area contributed by atoms with Crippen molar-refractivity contribution in [3.8, 4) is 10.4 Å². The Morgan fingerprint density at radius 1 is 1.16 bits per heavy atom. The molecule has 0 unspecified atom stereocenters. The molecular weight excluding hydrogens is 500 g/mol. The van der Waals surface area contributed by atoms with Crippen molar-refractivity contribution in [3.63, 3.8) is 0 Å². The Bertz CT molecular complexity index is 1160. The molecule has 0 aromatic carbocycles. The molecule has 2 aromatic rings. The summed E-state index contributed by atoms with van der Waals surface area (Å²) in [5, 5.41) is 15.8. The van der Waals surface area contributed by atoms with Gasteiger partial charge in [-0.3, -0.25) is 9.59 Å². The lowest BCUT2D eigenvalue weighted by Gasteiger charge is -2.22. The third-order valence-corrected chi connectivity index (χ3v) is 8.60. The van der Waals surface area contributed by atoms with Crippen LogP contribution in [0, 0.1) is 0 Å². The van der Waals surface area contributed by atoms with Crippen LogP contribution in [-0.2, 0) is 0 Å². The summed E-state index contributed by atoms with van der Waals surface area (Å²) in [6.45, 7) is 3.09. The molecular formula is C26H33F2N5O3S. The highest BCUT2D eigenvalue weighted by atomic mass is 32.1. The van der Waals surface area contributed by atoms with Crippen molar-refractivity contribution >= 4 is 29.0 Å². The molecule has 3 aliphatic rings. The van der Waals surface area contributed by atoms with Crippen molar-refractivity contribution in [2.75, 3.05) is 11.9 Å². The maximum absolute atomic E-state index is 14.3. The van der Waals surface area contributed by atoms with Crippen LogP contribution in [-0.4, -0.2) is 62.1 Å². The zero-order valence-electron chi connectivity index (χ0n) is 21.1. The number of aliphatic hydroxyl groups is 1. The maximum Gasteiger partial charge on any atom is 0.280 e. The van der Waals surface area contributed by atoms with Crippen molar-refractivity contribution in [2.24, 2.45) is 0 Å². The van der Waals surface area contributed by atoms with Gasteiger partial charge in [0, 0.05) is 42.0 Å². The van der Waals surface area contributed by atoms with Gasteiger partial charge in [0.15, 0.2) is 5.01 Å². The molecule has 1 saturated carbocycles.